The number of aliphatic imine (C=N–C) groups is 1. The van der Waals surface area contributed by atoms with Crippen molar-refractivity contribution in [2.24, 2.45) is 4.99 Å². The number of nitrogens with zero attached hydrogens (tertiary/aromatic N) is 4. The number of hydrogen-bond donors (Lipinski definition) is 0. The van der Waals surface area contributed by atoms with Crippen LogP contribution in [0.5, 0.6) is 0 Å². The van der Waals surface area contributed by atoms with Crippen LogP contribution in [0.4, 0.5) is 0 Å². The number of unbranched alkanes of at least 4 members (excludes halogenated alkanes) is 5. The maximum Gasteiger partial charge on any atom is 0.160 e. The number of hydrogen-bond acceptors (Lipinski definition) is 4. The summed E-state index contributed by atoms with van der Waals surface area (Å²) in [5.41, 5.74) is 4.75. The molecular formula is C24H30N4S. The number of thiophene rings is 1. The van der Waals surface area contributed by atoms with E-state index in [1.165, 1.54) is 65.1 Å². The summed E-state index contributed by atoms with van der Waals surface area (Å²) in [6.45, 7) is 7.01. The third kappa shape index (κ3) is 4.35. The summed E-state index contributed by atoms with van der Waals surface area (Å²) in [6.07, 6.45) is 9.10. The number of aromatic nitrogens is 3. The van der Waals surface area contributed by atoms with Gasteiger partial charge in [-0.05, 0) is 38.8 Å². The van der Waals surface area contributed by atoms with Crippen molar-refractivity contribution in [3.8, 4) is 5.00 Å². The van der Waals surface area contributed by atoms with E-state index in [1.54, 1.807) is 0 Å². The summed E-state index contributed by atoms with van der Waals surface area (Å²) in [5.74, 6) is 1.87. The molecule has 1 aliphatic rings. The zero-order valence-electron chi connectivity index (χ0n) is 17.7. The van der Waals surface area contributed by atoms with Gasteiger partial charge in [-0.3, -0.25) is 9.56 Å². The third-order valence-corrected chi connectivity index (χ3v) is 6.74. The van der Waals surface area contributed by atoms with Crippen molar-refractivity contribution in [3.63, 3.8) is 0 Å². The fraction of sp³-hybridized carbons (Fsp3) is 0.458. The normalized spacial score (nSPS) is 13.0. The Hall–Kier alpha value is -2.27. The molecule has 0 saturated carbocycles. The molecule has 0 radical (unpaired) electrons. The minimum absolute atomic E-state index is 0.568. The molecule has 0 aliphatic carbocycles. The Morgan fingerprint density at radius 1 is 1.00 bits per heavy atom. The van der Waals surface area contributed by atoms with E-state index in [9.17, 15) is 0 Å². The summed E-state index contributed by atoms with van der Waals surface area (Å²) in [7, 11) is 0. The molecule has 0 unspecified atom stereocenters. The standard InChI is InChI=1S/C24H30N4S/c1-4-5-6-7-8-9-13-20-15-21-23(19-12-10-11-17(2)14-19)25-16-22-27-26-18(3)28(22)24(21)29-20/h10-12,14-15H,4-9,13,16H2,1-3H3. The van der Waals surface area contributed by atoms with E-state index in [0.717, 1.165) is 23.8 Å². The molecule has 4 rings (SSSR count). The lowest BCUT2D eigenvalue weighted by Crippen LogP contribution is -2.05. The van der Waals surface area contributed by atoms with Gasteiger partial charge in [-0.15, -0.1) is 21.5 Å². The van der Waals surface area contributed by atoms with Crippen LogP contribution in [-0.4, -0.2) is 20.5 Å². The van der Waals surface area contributed by atoms with E-state index in [-0.39, 0.29) is 0 Å². The second-order valence-electron chi connectivity index (χ2n) is 7.98. The lowest BCUT2D eigenvalue weighted by Gasteiger charge is -2.08. The highest BCUT2D eigenvalue weighted by Crippen LogP contribution is 2.34. The number of benzene rings is 1. The zero-order chi connectivity index (χ0) is 20.2. The van der Waals surface area contributed by atoms with Crippen molar-refractivity contribution in [2.75, 3.05) is 0 Å². The first kappa shape index (κ1) is 20.0. The zero-order valence-corrected chi connectivity index (χ0v) is 18.6. The van der Waals surface area contributed by atoms with E-state index in [1.807, 2.05) is 18.3 Å². The van der Waals surface area contributed by atoms with Gasteiger partial charge in [0.1, 0.15) is 17.4 Å². The summed E-state index contributed by atoms with van der Waals surface area (Å²) < 4.78 is 2.21. The summed E-state index contributed by atoms with van der Waals surface area (Å²) in [4.78, 5) is 6.41. The first-order chi connectivity index (χ1) is 14.2. The van der Waals surface area contributed by atoms with Gasteiger partial charge in [0.05, 0.1) is 5.71 Å². The molecule has 4 nitrogen and oxygen atoms in total. The Balaban J connectivity index is 1.64. The Morgan fingerprint density at radius 3 is 2.66 bits per heavy atom. The van der Waals surface area contributed by atoms with Gasteiger partial charge in [0.2, 0.25) is 0 Å². The minimum Gasteiger partial charge on any atom is -0.276 e. The third-order valence-electron chi connectivity index (χ3n) is 5.56. The van der Waals surface area contributed by atoms with Gasteiger partial charge in [-0.1, -0.05) is 62.8 Å². The first-order valence-corrected chi connectivity index (χ1v) is 11.6. The maximum atomic E-state index is 4.97. The molecule has 0 saturated heterocycles. The SMILES string of the molecule is CCCCCCCCc1cc2c(s1)-n1c(C)nnc1CN=C2c1cccc(C)c1. The summed E-state index contributed by atoms with van der Waals surface area (Å²) >= 11 is 1.88. The van der Waals surface area contributed by atoms with Crippen molar-refractivity contribution >= 4 is 17.0 Å². The average molecular weight is 407 g/mol. The van der Waals surface area contributed by atoms with Gasteiger partial charge in [0.25, 0.3) is 0 Å². The second kappa shape index (κ2) is 9.04. The molecule has 0 amide bonds. The molecule has 0 fully saturated rings. The lowest BCUT2D eigenvalue weighted by atomic mass is 10.0. The molecule has 29 heavy (non-hydrogen) atoms. The van der Waals surface area contributed by atoms with Crippen molar-refractivity contribution in [1.82, 2.24) is 14.8 Å². The molecule has 5 heteroatoms. The van der Waals surface area contributed by atoms with Gasteiger partial charge in [0, 0.05) is 16.0 Å². The van der Waals surface area contributed by atoms with Gasteiger partial charge >= 0.3 is 0 Å². The van der Waals surface area contributed by atoms with Crippen LogP contribution in [0.15, 0.2) is 35.3 Å². The molecule has 152 valence electrons. The molecule has 0 N–H and O–H groups in total. The Bertz CT molecular complexity index is 1010. The van der Waals surface area contributed by atoms with Crippen molar-refractivity contribution in [2.45, 2.75) is 72.3 Å². The molecule has 0 spiro atoms. The topological polar surface area (TPSA) is 43.1 Å². The predicted molar refractivity (Wildman–Crippen MR) is 122 cm³/mol. The molecular weight excluding hydrogens is 376 g/mol. The van der Waals surface area contributed by atoms with Gasteiger partial charge < -0.3 is 0 Å². The summed E-state index contributed by atoms with van der Waals surface area (Å²) in [6, 6.07) is 11.0. The highest BCUT2D eigenvalue weighted by Gasteiger charge is 2.24. The fourth-order valence-corrected chi connectivity index (χ4v) is 5.28. The highest BCUT2D eigenvalue weighted by atomic mass is 32.1. The van der Waals surface area contributed by atoms with Crippen LogP contribution >= 0.6 is 11.3 Å². The lowest BCUT2D eigenvalue weighted by molar-refractivity contribution is 0.609. The number of rotatable bonds is 8. The van der Waals surface area contributed by atoms with Gasteiger partial charge in [0.15, 0.2) is 5.82 Å². The number of aryl methyl sites for hydroxylation is 3. The van der Waals surface area contributed by atoms with Crippen LogP contribution < -0.4 is 0 Å². The second-order valence-corrected chi connectivity index (χ2v) is 9.10. The van der Waals surface area contributed by atoms with Crippen LogP contribution in [0.1, 0.15) is 78.7 Å². The van der Waals surface area contributed by atoms with Crippen molar-refractivity contribution < 1.29 is 0 Å². The van der Waals surface area contributed by atoms with Crippen LogP contribution in [0, 0.1) is 13.8 Å². The highest BCUT2D eigenvalue weighted by molar-refractivity contribution is 7.15. The monoisotopic (exact) mass is 406 g/mol. The average Bonchev–Trinajstić information content (AvgIpc) is 3.24. The Kier molecular flexibility index (Phi) is 6.24. The smallest absolute Gasteiger partial charge is 0.160 e. The quantitative estimate of drug-likeness (QED) is 0.418. The van der Waals surface area contributed by atoms with Crippen molar-refractivity contribution in [3.05, 3.63) is 63.5 Å². The minimum atomic E-state index is 0.568. The first-order valence-electron chi connectivity index (χ1n) is 10.8. The van der Waals surface area contributed by atoms with Gasteiger partial charge in [-0.25, -0.2) is 0 Å². The maximum absolute atomic E-state index is 4.97. The van der Waals surface area contributed by atoms with E-state index in [4.69, 9.17) is 4.99 Å². The fourth-order valence-electron chi connectivity index (χ4n) is 4.02. The van der Waals surface area contributed by atoms with E-state index in [0.29, 0.717) is 6.54 Å². The molecule has 1 aromatic carbocycles. The molecule has 3 aromatic rings. The van der Waals surface area contributed by atoms with Crippen LogP contribution in [0.3, 0.4) is 0 Å². The van der Waals surface area contributed by atoms with E-state index >= 15 is 0 Å². The van der Waals surface area contributed by atoms with Crippen LogP contribution in [0.2, 0.25) is 0 Å². The van der Waals surface area contributed by atoms with Crippen molar-refractivity contribution in [1.29, 1.82) is 0 Å². The number of fused-ring (bicyclic) bond motifs is 3. The molecule has 3 heterocycles. The predicted octanol–water partition coefficient (Wildman–Crippen LogP) is 6.20. The molecule has 0 bridgehead atoms. The largest absolute Gasteiger partial charge is 0.276 e. The van der Waals surface area contributed by atoms with E-state index < -0.39 is 0 Å². The molecule has 2 aromatic heterocycles. The van der Waals surface area contributed by atoms with E-state index in [2.05, 4.69) is 58.9 Å². The molecule has 0 atom stereocenters. The van der Waals surface area contributed by atoms with Crippen LogP contribution in [0.25, 0.3) is 5.00 Å². The summed E-state index contributed by atoms with van der Waals surface area (Å²) in [5, 5.41) is 9.92. The molecule has 1 aliphatic heterocycles. The van der Waals surface area contributed by atoms with Crippen LogP contribution in [-0.2, 0) is 13.0 Å². The van der Waals surface area contributed by atoms with Gasteiger partial charge in [-0.2, -0.15) is 0 Å². The Morgan fingerprint density at radius 2 is 1.83 bits per heavy atom. The Labute approximate surface area is 177 Å².